The van der Waals surface area contributed by atoms with Crippen molar-refractivity contribution in [2.24, 2.45) is 0 Å². The highest BCUT2D eigenvalue weighted by Gasteiger charge is 2.40. The molecule has 1 N–H and O–H groups in total. The Balaban J connectivity index is 2.54. The maximum Gasteiger partial charge on any atom is 0.417 e. The summed E-state index contributed by atoms with van der Waals surface area (Å²) in [5.74, 6) is -1.13. The molecule has 1 aliphatic heterocycles. The number of nitrogens with zero attached hydrogens (tertiary/aromatic N) is 1. The van der Waals surface area contributed by atoms with Gasteiger partial charge in [0.15, 0.2) is 0 Å². The smallest absolute Gasteiger partial charge is 0.314 e. The van der Waals surface area contributed by atoms with Gasteiger partial charge in [-0.05, 0) is 25.1 Å². The van der Waals surface area contributed by atoms with Crippen molar-refractivity contribution < 1.29 is 26.0 Å². The zero-order valence-electron chi connectivity index (χ0n) is 11.1. The molecule has 0 aromatic heterocycles. The summed E-state index contributed by atoms with van der Waals surface area (Å²) in [4.78, 5) is -0.912. The van der Waals surface area contributed by atoms with Crippen molar-refractivity contribution >= 4 is 10.0 Å². The summed E-state index contributed by atoms with van der Waals surface area (Å²) in [7, 11) is -4.34. The van der Waals surface area contributed by atoms with Gasteiger partial charge in [-0.3, -0.25) is 0 Å². The minimum Gasteiger partial charge on any atom is -0.314 e. The summed E-state index contributed by atoms with van der Waals surface area (Å²) >= 11 is 0. The van der Waals surface area contributed by atoms with Crippen molar-refractivity contribution in [2.75, 3.05) is 19.6 Å². The summed E-state index contributed by atoms with van der Waals surface area (Å²) in [5.41, 5.74) is -1.48. The van der Waals surface area contributed by atoms with Crippen LogP contribution in [0.3, 0.4) is 0 Å². The lowest BCUT2D eigenvalue weighted by Gasteiger charge is -2.33. The van der Waals surface area contributed by atoms with Crippen LogP contribution < -0.4 is 5.32 Å². The first-order chi connectivity index (χ1) is 9.64. The molecule has 1 aliphatic rings. The van der Waals surface area contributed by atoms with E-state index in [2.05, 4.69) is 5.32 Å². The van der Waals surface area contributed by atoms with Crippen LogP contribution in [0, 0.1) is 5.82 Å². The monoisotopic (exact) mass is 326 g/mol. The summed E-state index contributed by atoms with van der Waals surface area (Å²) in [5, 5.41) is 2.95. The van der Waals surface area contributed by atoms with Crippen LogP contribution in [-0.2, 0) is 16.2 Å². The van der Waals surface area contributed by atoms with Gasteiger partial charge in [-0.25, -0.2) is 12.8 Å². The van der Waals surface area contributed by atoms with Crippen molar-refractivity contribution in [1.82, 2.24) is 9.62 Å². The standard InChI is InChI=1S/C12H14F4N2O2S/c1-8-7-17-4-5-18(8)21(19,20)11-3-2-9(13)6-10(11)12(14,15)16/h2-3,6,8,17H,4-5,7H2,1H3/t8-/m1/s1. The molecule has 2 rings (SSSR count). The largest absolute Gasteiger partial charge is 0.417 e. The third kappa shape index (κ3) is 3.19. The van der Waals surface area contributed by atoms with Gasteiger partial charge in [-0.1, -0.05) is 0 Å². The Morgan fingerprint density at radius 2 is 2.00 bits per heavy atom. The number of rotatable bonds is 2. The van der Waals surface area contributed by atoms with E-state index in [9.17, 15) is 26.0 Å². The number of nitrogens with one attached hydrogen (secondary N) is 1. The van der Waals surface area contributed by atoms with Crippen LogP contribution in [0.5, 0.6) is 0 Å². The van der Waals surface area contributed by atoms with Crippen molar-refractivity contribution in [3.8, 4) is 0 Å². The molecule has 9 heteroatoms. The number of halogens is 4. The SMILES string of the molecule is C[C@@H]1CNCCN1S(=O)(=O)c1ccc(F)cc1C(F)(F)F. The molecule has 21 heavy (non-hydrogen) atoms. The molecule has 118 valence electrons. The van der Waals surface area contributed by atoms with Crippen LogP contribution in [0.1, 0.15) is 12.5 Å². The van der Waals surface area contributed by atoms with Gasteiger partial charge in [0.2, 0.25) is 10.0 Å². The molecule has 0 saturated carbocycles. The van der Waals surface area contributed by atoms with Gasteiger partial charge >= 0.3 is 6.18 Å². The minimum absolute atomic E-state index is 0.0676. The topological polar surface area (TPSA) is 49.4 Å². The predicted molar refractivity (Wildman–Crippen MR) is 67.6 cm³/mol. The number of hydrogen-bond donors (Lipinski definition) is 1. The third-order valence-corrected chi connectivity index (χ3v) is 5.35. The first-order valence-electron chi connectivity index (χ1n) is 6.23. The summed E-state index contributed by atoms with van der Waals surface area (Å²) in [6, 6.07) is 1.12. The normalized spacial score (nSPS) is 21.5. The minimum atomic E-state index is -4.94. The van der Waals surface area contributed by atoms with Gasteiger partial charge in [0.1, 0.15) is 5.82 Å². The molecule has 1 aromatic rings. The zero-order valence-corrected chi connectivity index (χ0v) is 11.9. The van der Waals surface area contributed by atoms with Gasteiger partial charge in [0.25, 0.3) is 0 Å². The van der Waals surface area contributed by atoms with E-state index in [4.69, 9.17) is 0 Å². The average molecular weight is 326 g/mol. The van der Waals surface area contributed by atoms with Crippen molar-refractivity contribution in [1.29, 1.82) is 0 Å². The lowest BCUT2D eigenvalue weighted by Crippen LogP contribution is -2.52. The van der Waals surface area contributed by atoms with Crippen molar-refractivity contribution in [2.45, 2.75) is 24.0 Å². The molecule has 0 amide bonds. The number of hydrogen-bond acceptors (Lipinski definition) is 3. The van der Waals surface area contributed by atoms with E-state index in [-0.39, 0.29) is 12.6 Å². The molecule has 0 spiro atoms. The van der Waals surface area contributed by atoms with E-state index >= 15 is 0 Å². The summed E-state index contributed by atoms with van der Waals surface area (Å²) in [6.45, 7) is 2.37. The Morgan fingerprint density at radius 1 is 1.33 bits per heavy atom. The predicted octanol–water partition coefficient (Wildman–Crippen LogP) is 1.83. The van der Waals surface area contributed by atoms with E-state index in [1.54, 1.807) is 6.92 Å². The maximum atomic E-state index is 13.1. The Kier molecular flexibility index (Phi) is 4.27. The third-order valence-electron chi connectivity index (χ3n) is 3.27. The molecular formula is C12H14F4N2O2S. The molecule has 0 radical (unpaired) electrons. The molecule has 1 aromatic carbocycles. The Morgan fingerprint density at radius 3 is 2.57 bits per heavy atom. The van der Waals surface area contributed by atoms with Crippen LogP contribution in [0.2, 0.25) is 0 Å². The highest BCUT2D eigenvalue weighted by atomic mass is 32.2. The van der Waals surface area contributed by atoms with Crippen molar-refractivity contribution in [3.63, 3.8) is 0 Å². The first-order valence-corrected chi connectivity index (χ1v) is 7.67. The fourth-order valence-electron chi connectivity index (χ4n) is 2.25. The van der Waals surface area contributed by atoms with Gasteiger partial charge in [-0.15, -0.1) is 0 Å². The molecule has 4 nitrogen and oxygen atoms in total. The van der Waals surface area contributed by atoms with E-state index in [0.717, 1.165) is 10.4 Å². The van der Waals surface area contributed by atoms with Crippen LogP contribution in [-0.4, -0.2) is 38.4 Å². The molecule has 1 atom stereocenters. The van der Waals surface area contributed by atoms with Gasteiger partial charge < -0.3 is 5.32 Å². The van der Waals surface area contributed by atoms with Crippen molar-refractivity contribution in [3.05, 3.63) is 29.6 Å². The molecule has 1 heterocycles. The Hall–Kier alpha value is -1.19. The number of piperazine rings is 1. The molecular weight excluding hydrogens is 312 g/mol. The molecule has 1 saturated heterocycles. The molecule has 0 unspecified atom stereocenters. The Bertz CT molecular complexity index is 631. The second-order valence-corrected chi connectivity index (χ2v) is 6.67. The van der Waals surface area contributed by atoms with E-state index in [0.29, 0.717) is 19.2 Å². The molecule has 0 bridgehead atoms. The molecule has 1 fully saturated rings. The van der Waals surface area contributed by atoms with Gasteiger partial charge in [-0.2, -0.15) is 17.5 Å². The highest BCUT2D eigenvalue weighted by molar-refractivity contribution is 7.89. The average Bonchev–Trinajstić information content (AvgIpc) is 2.37. The number of alkyl halides is 3. The molecule has 0 aliphatic carbocycles. The second-order valence-electron chi connectivity index (χ2n) is 4.81. The zero-order chi connectivity index (χ0) is 15.8. The van der Waals surface area contributed by atoms with Crippen LogP contribution >= 0.6 is 0 Å². The summed E-state index contributed by atoms with van der Waals surface area (Å²) in [6.07, 6.45) is -4.94. The van der Waals surface area contributed by atoms with Gasteiger partial charge in [0, 0.05) is 25.7 Å². The fourth-order valence-corrected chi connectivity index (χ4v) is 4.08. The number of benzene rings is 1. The van der Waals surface area contributed by atoms with Gasteiger partial charge in [0.05, 0.1) is 10.5 Å². The maximum absolute atomic E-state index is 13.1. The lowest BCUT2D eigenvalue weighted by atomic mass is 10.2. The Labute approximate surface area is 119 Å². The van der Waals surface area contributed by atoms with Crippen LogP contribution in [0.25, 0.3) is 0 Å². The second kappa shape index (κ2) is 5.54. The highest BCUT2D eigenvalue weighted by Crippen LogP contribution is 2.36. The first kappa shape index (κ1) is 16.2. The van der Waals surface area contributed by atoms with E-state index in [1.165, 1.54) is 0 Å². The summed E-state index contributed by atoms with van der Waals surface area (Å²) < 4.78 is 77.9. The fraction of sp³-hybridized carbons (Fsp3) is 0.500. The number of sulfonamides is 1. The quantitative estimate of drug-likeness (QED) is 0.844. The van der Waals surface area contributed by atoms with E-state index in [1.807, 2.05) is 0 Å². The van der Waals surface area contributed by atoms with Crippen LogP contribution in [0.15, 0.2) is 23.1 Å². The van der Waals surface area contributed by atoms with Crippen LogP contribution in [0.4, 0.5) is 17.6 Å². The van der Waals surface area contributed by atoms with E-state index < -0.39 is 38.5 Å². The lowest BCUT2D eigenvalue weighted by molar-refractivity contribution is -0.140.